The van der Waals surface area contributed by atoms with Crippen LogP contribution in [0.4, 0.5) is 0 Å². The number of hydrogen-bond acceptors (Lipinski definition) is 1. The highest BCUT2D eigenvalue weighted by molar-refractivity contribution is 4.71. The van der Waals surface area contributed by atoms with Crippen LogP contribution in [0.3, 0.4) is 0 Å². The Balaban J connectivity index is 2.21. The second kappa shape index (κ2) is 4.76. The van der Waals surface area contributed by atoms with E-state index in [4.69, 9.17) is 5.73 Å². The third-order valence-corrected chi connectivity index (χ3v) is 3.08. The lowest BCUT2D eigenvalue weighted by Crippen LogP contribution is -2.18. The van der Waals surface area contributed by atoms with Crippen LogP contribution in [0.1, 0.15) is 45.4 Å². The molecule has 0 spiro atoms. The Kier molecular flexibility index (Phi) is 3.92. The van der Waals surface area contributed by atoms with Crippen molar-refractivity contribution in [1.82, 2.24) is 0 Å². The van der Waals surface area contributed by atoms with E-state index in [1.165, 1.54) is 38.5 Å². The third-order valence-electron chi connectivity index (χ3n) is 3.08. The minimum Gasteiger partial charge on any atom is -0.330 e. The molecule has 0 heterocycles. The van der Waals surface area contributed by atoms with E-state index < -0.39 is 0 Å². The van der Waals surface area contributed by atoms with E-state index in [0.29, 0.717) is 0 Å². The second-order valence-corrected chi connectivity index (χ2v) is 3.95. The van der Waals surface area contributed by atoms with Gasteiger partial charge in [-0.1, -0.05) is 39.0 Å². The van der Waals surface area contributed by atoms with Crippen LogP contribution in [-0.4, -0.2) is 6.54 Å². The van der Waals surface area contributed by atoms with Gasteiger partial charge in [0.15, 0.2) is 0 Å². The van der Waals surface area contributed by atoms with E-state index in [1.54, 1.807) is 0 Å². The van der Waals surface area contributed by atoms with Crippen LogP contribution in [0.15, 0.2) is 0 Å². The highest BCUT2D eigenvalue weighted by atomic mass is 14.5. The minimum absolute atomic E-state index is 0.873. The largest absolute Gasteiger partial charge is 0.330 e. The van der Waals surface area contributed by atoms with Gasteiger partial charge in [-0.05, 0) is 24.8 Å². The quantitative estimate of drug-likeness (QED) is 0.666. The molecule has 1 heteroatoms. The number of rotatable bonds is 3. The van der Waals surface area contributed by atoms with Gasteiger partial charge in [0.2, 0.25) is 0 Å². The Morgan fingerprint density at radius 1 is 1.27 bits per heavy atom. The first-order valence-electron chi connectivity index (χ1n) is 5.04. The molecule has 1 saturated carbocycles. The molecule has 1 fully saturated rings. The van der Waals surface area contributed by atoms with Crippen LogP contribution in [0.25, 0.3) is 0 Å². The van der Waals surface area contributed by atoms with E-state index in [-0.39, 0.29) is 0 Å². The zero-order valence-corrected chi connectivity index (χ0v) is 7.68. The summed E-state index contributed by atoms with van der Waals surface area (Å²) in [6, 6.07) is 0. The van der Waals surface area contributed by atoms with Gasteiger partial charge in [0.05, 0.1) is 0 Å². The van der Waals surface area contributed by atoms with Gasteiger partial charge in [0.25, 0.3) is 0 Å². The molecule has 0 saturated heterocycles. The van der Waals surface area contributed by atoms with Crippen molar-refractivity contribution in [2.45, 2.75) is 45.4 Å². The van der Waals surface area contributed by atoms with Crippen molar-refractivity contribution in [3.05, 3.63) is 0 Å². The van der Waals surface area contributed by atoms with E-state index in [2.05, 4.69) is 6.92 Å². The molecule has 2 N–H and O–H groups in total. The monoisotopic (exact) mass is 155 g/mol. The molecule has 0 bridgehead atoms. The van der Waals surface area contributed by atoms with Gasteiger partial charge >= 0.3 is 0 Å². The van der Waals surface area contributed by atoms with Gasteiger partial charge in [0, 0.05) is 0 Å². The fourth-order valence-electron chi connectivity index (χ4n) is 2.20. The second-order valence-electron chi connectivity index (χ2n) is 3.95. The normalized spacial score (nSPS) is 23.5. The number of hydrogen-bond donors (Lipinski definition) is 1. The summed E-state index contributed by atoms with van der Waals surface area (Å²) in [4.78, 5) is 0. The van der Waals surface area contributed by atoms with Crippen molar-refractivity contribution in [3.8, 4) is 0 Å². The maximum absolute atomic E-state index is 5.54. The molecular formula is C10H21N. The predicted octanol–water partition coefficient (Wildman–Crippen LogP) is 2.55. The average molecular weight is 155 g/mol. The lowest BCUT2D eigenvalue weighted by Gasteiger charge is -2.27. The molecule has 1 nitrogen and oxygen atoms in total. The molecule has 0 aliphatic heterocycles. The maximum atomic E-state index is 5.54. The van der Waals surface area contributed by atoms with Crippen molar-refractivity contribution in [3.63, 3.8) is 0 Å². The van der Waals surface area contributed by atoms with Crippen LogP contribution in [0, 0.1) is 11.8 Å². The van der Waals surface area contributed by atoms with Gasteiger partial charge in [0.1, 0.15) is 0 Å². The topological polar surface area (TPSA) is 26.0 Å². The van der Waals surface area contributed by atoms with Crippen LogP contribution < -0.4 is 5.73 Å². The van der Waals surface area contributed by atoms with Crippen molar-refractivity contribution in [2.75, 3.05) is 6.54 Å². The summed E-state index contributed by atoms with van der Waals surface area (Å²) >= 11 is 0. The standard InChI is InChI=1S/C10H21N/c1-9(7-8-11)10-5-3-2-4-6-10/h9-10H,2-8,11H2,1H3. The molecule has 0 aromatic rings. The van der Waals surface area contributed by atoms with E-state index >= 15 is 0 Å². The molecule has 0 aromatic heterocycles. The van der Waals surface area contributed by atoms with E-state index in [9.17, 15) is 0 Å². The van der Waals surface area contributed by atoms with Gasteiger partial charge in [-0.25, -0.2) is 0 Å². The maximum Gasteiger partial charge on any atom is -0.00746 e. The van der Waals surface area contributed by atoms with E-state index in [0.717, 1.165) is 18.4 Å². The first-order valence-corrected chi connectivity index (χ1v) is 5.04. The lowest BCUT2D eigenvalue weighted by atomic mass is 9.79. The lowest BCUT2D eigenvalue weighted by molar-refractivity contribution is 0.255. The fourth-order valence-corrected chi connectivity index (χ4v) is 2.20. The molecule has 0 aromatic carbocycles. The van der Waals surface area contributed by atoms with Crippen LogP contribution in [-0.2, 0) is 0 Å². The SMILES string of the molecule is CC(CCN)C1CCCCC1. The minimum atomic E-state index is 0.873. The molecule has 1 atom stereocenters. The van der Waals surface area contributed by atoms with Gasteiger partial charge in [-0.3, -0.25) is 0 Å². The summed E-state index contributed by atoms with van der Waals surface area (Å²) in [5.74, 6) is 1.87. The molecule has 0 amide bonds. The summed E-state index contributed by atoms with van der Waals surface area (Å²) < 4.78 is 0. The molecule has 1 unspecified atom stereocenters. The molecule has 1 rings (SSSR count). The molecular weight excluding hydrogens is 134 g/mol. The fraction of sp³-hybridized carbons (Fsp3) is 1.00. The summed E-state index contributed by atoms with van der Waals surface area (Å²) in [5.41, 5.74) is 5.54. The van der Waals surface area contributed by atoms with Gasteiger partial charge in [-0.15, -0.1) is 0 Å². The summed E-state index contributed by atoms with van der Waals surface area (Å²) in [6.45, 7) is 3.24. The molecule has 66 valence electrons. The highest BCUT2D eigenvalue weighted by Crippen LogP contribution is 2.30. The Bertz CT molecular complexity index is 95.0. The van der Waals surface area contributed by atoms with Crippen molar-refractivity contribution >= 4 is 0 Å². The summed E-state index contributed by atoms with van der Waals surface area (Å²) in [7, 11) is 0. The third kappa shape index (κ3) is 2.82. The summed E-state index contributed by atoms with van der Waals surface area (Å²) in [6.07, 6.45) is 8.53. The van der Waals surface area contributed by atoms with Gasteiger partial charge < -0.3 is 5.73 Å². The molecule has 1 aliphatic carbocycles. The first-order chi connectivity index (χ1) is 5.34. The Morgan fingerprint density at radius 3 is 2.45 bits per heavy atom. The predicted molar refractivity (Wildman–Crippen MR) is 49.4 cm³/mol. The number of nitrogens with two attached hydrogens (primary N) is 1. The molecule has 0 radical (unpaired) electrons. The van der Waals surface area contributed by atoms with E-state index in [1.807, 2.05) is 0 Å². The van der Waals surface area contributed by atoms with Crippen LogP contribution in [0.2, 0.25) is 0 Å². The highest BCUT2D eigenvalue weighted by Gasteiger charge is 2.18. The van der Waals surface area contributed by atoms with Crippen LogP contribution in [0.5, 0.6) is 0 Å². The first kappa shape index (κ1) is 9.05. The van der Waals surface area contributed by atoms with Gasteiger partial charge in [-0.2, -0.15) is 0 Å². The Hall–Kier alpha value is -0.0400. The Labute approximate surface area is 70.4 Å². The Morgan fingerprint density at radius 2 is 1.91 bits per heavy atom. The smallest absolute Gasteiger partial charge is 0.00746 e. The van der Waals surface area contributed by atoms with Crippen molar-refractivity contribution in [1.29, 1.82) is 0 Å². The van der Waals surface area contributed by atoms with Crippen LogP contribution >= 0.6 is 0 Å². The van der Waals surface area contributed by atoms with Crippen molar-refractivity contribution in [2.24, 2.45) is 17.6 Å². The van der Waals surface area contributed by atoms with Crippen molar-refractivity contribution < 1.29 is 0 Å². The zero-order valence-electron chi connectivity index (χ0n) is 7.68. The average Bonchev–Trinajstić information content (AvgIpc) is 2.07. The molecule has 11 heavy (non-hydrogen) atoms. The molecule has 1 aliphatic rings. The summed E-state index contributed by atoms with van der Waals surface area (Å²) in [5, 5.41) is 0. The zero-order chi connectivity index (χ0) is 8.10.